The molecule has 54 heavy (non-hydrogen) atoms. The van der Waals surface area contributed by atoms with Gasteiger partial charge in [0.2, 0.25) is 0 Å². The fourth-order valence-electron chi connectivity index (χ4n) is 7.30. The van der Waals surface area contributed by atoms with Gasteiger partial charge in [-0.05, 0) is 69.9 Å². The van der Waals surface area contributed by atoms with Crippen molar-refractivity contribution < 1.29 is 24.1 Å². The number of aliphatic hydroxyl groups is 3. The normalized spacial score (nSPS) is 22.9. The predicted molar refractivity (Wildman–Crippen MR) is 203 cm³/mol. The molecular formula is C37H40Cl2F2N10O3. The minimum absolute atomic E-state index is 0.0277. The zero-order valence-electron chi connectivity index (χ0n) is 29.4. The van der Waals surface area contributed by atoms with E-state index in [1.165, 1.54) is 6.20 Å². The molecule has 0 aromatic carbocycles. The molecule has 2 fully saturated rings. The Kier molecular flexibility index (Phi) is 11.0. The van der Waals surface area contributed by atoms with E-state index in [-0.39, 0.29) is 30.3 Å². The third-order valence-corrected chi connectivity index (χ3v) is 10.7. The smallest absolute Gasteiger partial charge is 0.183 e. The first-order valence-electron chi connectivity index (χ1n) is 17.8. The van der Waals surface area contributed by atoms with Crippen molar-refractivity contribution in [1.29, 1.82) is 0 Å². The van der Waals surface area contributed by atoms with Crippen LogP contribution in [0.1, 0.15) is 64.7 Å². The Morgan fingerprint density at radius 3 is 1.67 bits per heavy atom. The Bertz CT molecular complexity index is 2120. The molecule has 0 radical (unpaired) electrons. The highest BCUT2D eigenvalue weighted by Gasteiger charge is 2.35. The highest BCUT2D eigenvalue weighted by molar-refractivity contribution is 6.31. The standard InChI is InChI=1S/C19H21ClFN5O.C18H19ClFN5O2/c1-2-19(27)5-3-4-12(7-19)25-18-15(21)10-24-17(26-18)14-9-23-16-13(14)6-11(20)8-22-16;19-10-4-12-13(7-22-15(12)21-6-10)16-23-8-14(20)17(25-16)24-11-2-1-3-18(27,5-11)9-26/h6,8-10,12,27H,2-5,7H2,1H3,(H,22,23)(H,24,25,26);4,6-8,11,26-27H,1-3,5,9H2,(H,21,22)(H,23,24,25). The quantitative estimate of drug-likeness (QED) is 0.0826. The van der Waals surface area contributed by atoms with Crippen molar-refractivity contribution in [3.63, 3.8) is 0 Å². The Labute approximate surface area is 319 Å². The zero-order chi connectivity index (χ0) is 38.0. The van der Waals surface area contributed by atoms with Gasteiger partial charge in [-0.15, -0.1) is 0 Å². The number of nitrogens with zero attached hydrogens (tertiary/aromatic N) is 6. The molecule has 0 aliphatic heterocycles. The van der Waals surface area contributed by atoms with Gasteiger partial charge >= 0.3 is 0 Å². The van der Waals surface area contributed by atoms with Crippen LogP contribution in [0.15, 0.2) is 49.3 Å². The average Bonchev–Trinajstić information content (AvgIpc) is 3.78. The molecule has 0 saturated heterocycles. The van der Waals surface area contributed by atoms with Gasteiger partial charge in [-0.25, -0.2) is 38.7 Å². The van der Waals surface area contributed by atoms with Gasteiger partial charge in [0.15, 0.2) is 34.9 Å². The Hall–Kier alpha value is -4.54. The van der Waals surface area contributed by atoms with Crippen molar-refractivity contribution in [3.05, 3.63) is 71.0 Å². The molecule has 4 atom stereocenters. The van der Waals surface area contributed by atoms with Gasteiger partial charge in [-0.2, -0.15) is 0 Å². The third-order valence-electron chi connectivity index (χ3n) is 10.2. The topological polar surface area (TPSA) is 194 Å². The van der Waals surface area contributed by atoms with Crippen LogP contribution < -0.4 is 10.6 Å². The first-order chi connectivity index (χ1) is 25.9. The van der Waals surface area contributed by atoms with Crippen LogP contribution in [-0.2, 0) is 0 Å². The largest absolute Gasteiger partial charge is 0.393 e. The van der Waals surface area contributed by atoms with Gasteiger partial charge in [0.25, 0.3) is 0 Å². The summed E-state index contributed by atoms with van der Waals surface area (Å²) in [7, 11) is 0. The number of halogens is 4. The maximum absolute atomic E-state index is 14.3. The summed E-state index contributed by atoms with van der Waals surface area (Å²) in [6.45, 7) is 1.66. The number of rotatable bonds is 8. The van der Waals surface area contributed by atoms with E-state index in [4.69, 9.17) is 23.2 Å². The lowest BCUT2D eigenvalue weighted by Gasteiger charge is -2.36. The molecule has 6 aromatic rings. The van der Waals surface area contributed by atoms with E-state index in [1.807, 2.05) is 6.92 Å². The molecule has 17 heteroatoms. The molecular weight excluding hydrogens is 741 g/mol. The van der Waals surface area contributed by atoms with Crippen molar-refractivity contribution in [2.45, 2.75) is 88.0 Å². The van der Waals surface area contributed by atoms with E-state index in [0.29, 0.717) is 69.8 Å². The van der Waals surface area contributed by atoms with Gasteiger partial charge in [0.05, 0.1) is 40.2 Å². The summed E-state index contributed by atoms with van der Waals surface area (Å²) in [4.78, 5) is 31.4. The van der Waals surface area contributed by atoms with Crippen molar-refractivity contribution in [2.24, 2.45) is 0 Å². The zero-order valence-corrected chi connectivity index (χ0v) is 30.9. The monoisotopic (exact) mass is 780 g/mol. The van der Waals surface area contributed by atoms with Crippen LogP contribution >= 0.6 is 23.2 Å². The van der Waals surface area contributed by atoms with Crippen LogP contribution in [0.5, 0.6) is 0 Å². The highest BCUT2D eigenvalue weighted by atomic mass is 35.5. The minimum Gasteiger partial charge on any atom is -0.393 e. The number of aromatic nitrogens is 8. The number of hydrogen-bond acceptors (Lipinski definition) is 11. The Morgan fingerprint density at radius 1 is 0.741 bits per heavy atom. The molecule has 4 unspecified atom stereocenters. The van der Waals surface area contributed by atoms with Crippen LogP contribution in [0.2, 0.25) is 10.0 Å². The molecule has 0 bridgehead atoms. The van der Waals surface area contributed by atoms with Crippen LogP contribution in [0.4, 0.5) is 20.4 Å². The summed E-state index contributed by atoms with van der Waals surface area (Å²) in [5, 5.41) is 39.0. The molecule has 2 aliphatic rings. The van der Waals surface area contributed by atoms with E-state index in [9.17, 15) is 24.1 Å². The summed E-state index contributed by atoms with van der Waals surface area (Å²) in [6, 6.07) is 3.31. The number of hydrogen-bond donors (Lipinski definition) is 7. The number of fused-ring (bicyclic) bond motifs is 2. The summed E-state index contributed by atoms with van der Waals surface area (Å²) in [5.41, 5.74) is 0.841. The second-order valence-electron chi connectivity index (χ2n) is 14.1. The third kappa shape index (κ3) is 8.25. The maximum Gasteiger partial charge on any atom is 0.183 e. The molecule has 2 saturated carbocycles. The second kappa shape index (κ2) is 15.7. The van der Waals surface area contributed by atoms with Crippen molar-refractivity contribution in [3.8, 4) is 22.8 Å². The number of H-pyrrole nitrogens is 2. The van der Waals surface area contributed by atoms with Gasteiger partial charge in [-0.3, -0.25) is 0 Å². The number of nitrogens with one attached hydrogen (secondary N) is 4. The minimum atomic E-state index is -1.14. The number of aromatic amines is 2. The maximum atomic E-state index is 14.3. The van der Waals surface area contributed by atoms with E-state index < -0.39 is 22.8 Å². The second-order valence-corrected chi connectivity index (χ2v) is 15.0. The molecule has 7 N–H and O–H groups in total. The SMILES string of the molecule is CCC1(O)CCCC(Nc2nc(-c3c[nH]c4ncc(Cl)cc34)ncc2F)C1.OCC1(O)CCCC(Nc2nc(-c3c[nH]c4ncc(Cl)cc34)ncc2F)C1. The predicted octanol–water partition coefficient (Wildman–Crippen LogP) is 7.20. The Balaban J connectivity index is 0.000000167. The molecule has 284 valence electrons. The van der Waals surface area contributed by atoms with Gasteiger partial charge in [-0.1, -0.05) is 30.1 Å². The average molecular weight is 782 g/mol. The van der Waals surface area contributed by atoms with Crippen molar-refractivity contribution in [1.82, 2.24) is 39.9 Å². The number of aliphatic hydroxyl groups excluding tert-OH is 1. The summed E-state index contributed by atoms with van der Waals surface area (Å²) in [6.07, 6.45) is 15.0. The Morgan fingerprint density at radius 2 is 1.20 bits per heavy atom. The lowest BCUT2D eigenvalue weighted by Crippen LogP contribution is -2.43. The first kappa shape index (κ1) is 37.8. The molecule has 0 spiro atoms. The summed E-state index contributed by atoms with van der Waals surface area (Å²) < 4.78 is 28.6. The summed E-state index contributed by atoms with van der Waals surface area (Å²) in [5.74, 6) is -0.155. The van der Waals surface area contributed by atoms with E-state index in [0.717, 1.165) is 55.3 Å². The van der Waals surface area contributed by atoms with E-state index in [2.05, 4.69) is 50.5 Å². The van der Waals surface area contributed by atoms with E-state index in [1.54, 1.807) is 30.7 Å². The van der Waals surface area contributed by atoms with Crippen molar-refractivity contribution >= 4 is 56.9 Å². The molecule has 0 amide bonds. The van der Waals surface area contributed by atoms with Gasteiger partial charge in [0.1, 0.15) is 11.3 Å². The number of anilines is 2. The fourth-order valence-corrected chi connectivity index (χ4v) is 7.62. The summed E-state index contributed by atoms with van der Waals surface area (Å²) >= 11 is 12.1. The lowest BCUT2D eigenvalue weighted by atomic mass is 9.80. The van der Waals surface area contributed by atoms with Crippen LogP contribution in [0.3, 0.4) is 0 Å². The highest BCUT2D eigenvalue weighted by Crippen LogP contribution is 2.35. The molecule has 6 aromatic heterocycles. The molecule has 13 nitrogen and oxygen atoms in total. The van der Waals surface area contributed by atoms with E-state index >= 15 is 0 Å². The van der Waals surface area contributed by atoms with Crippen LogP contribution in [-0.4, -0.2) is 85.1 Å². The first-order valence-corrected chi connectivity index (χ1v) is 18.6. The van der Waals surface area contributed by atoms with Crippen molar-refractivity contribution in [2.75, 3.05) is 17.2 Å². The fraction of sp³-hybridized carbons (Fsp3) is 0.405. The molecule has 8 rings (SSSR count). The van der Waals surface area contributed by atoms with Crippen LogP contribution in [0, 0.1) is 11.6 Å². The lowest BCUT2D eigenvalue weighted by molar-refractivity contribution is -0.0450. The van der Waals surface area contributed by atoms with Gasteiger partial charge < -0.3 is 35.9 Å². The van der Waals surface area contributed by atoms with Crippen LogP contribution in [0.25, 0.3) is 44.8 Å². The van der Waals surface area contributed by atoms with Gasteiger partial charge in [0, 0.05) is 58.8 Å². The number of pyridine rings is 2. The molecule has 2 aliphatic carbocycles. The molecule has 6 heterocycles.